The standard InChI is InChI=1S/C15H19N3S/c1-3-8-18-15(12-9-16-11-17-10-12)13-6-4-5-7-14(13)19-2/h4-7,9-11,15,18H,3,8H2,1-2H3. The molecule has 0 fully saturated rings. The molecule has 0 amide bonds. The molecule has 1 heterocycles. The molecular weight excluding hydrogens is 254 g/mol. The van der Waals surface area contributed by atoms with Crippen LogP contribution in [0.25, 0.3) is 0 Å². The van der Waals surface area contributed by atoms with Gasteiger partial charge in [0.25, 0.3) is 0 Å². The fourth-order valence-corrected chi connectivity index (χ4v) is 2.70. The number of nitrogens with one attached hydrogen (secondary N) is 1. The van der Waals surface area contributed by atoms with Gasteiger partial charge in [0, 0.05) is 22.9 Å². The molecule has 19 heavy (non-hydrogen) atoms. The minimum Gasteiger partial charge on any atom is -0.306 e. The van der Waals surface area contributed by atoms with Crippen LogP contribution in [0.15, 0.2) is 47.9 Å². The van der Waals surface area contributed by atoms with E-state index in [-0.39, 0.29) is 6.04 Å². The number of benzene rings is 1. The Bertz CT molecular complexity index is 502. The Morgan fingerprint density at radius 3 is 2.63 bits per heavy atom. The van der Waals surface area contributed by atoms with Crippen LogP contribution in [-0.4, -0.2) is 22.8 Å². The van der Waals surface area contributed by atoms with Gasteiger partial charge >= 0.3 is 0 Å². The van der Waals surface area contributed by atoms with Crippen molar-refractivity contribution in [3.05, 3.63) is 54.1 Å². The molecule has 1 atom stereocenters. The molecule has 0 spiro atoms. The Labute approximate surface area is 118 Å². The first-order valence-corrected chi connectivity index (χ1v) is 7.70. The summed E-state index contributed by atoms with van der Waals surface area (Å²) in [5.41, 5.74) is 2.40. The van der Waals surface area contributed by atoms with Crippen molar-refractivity contribution in [3.63, 3.8) is 0 Å². The Morgan fingerprint density at radius 1 is 1.21 bits per heavy atom. The molecule has 100 valence electrons. The monoisotopic (exact) mass is 273 g/mol. The van der Waals surface area contributed by atoms with Crippen LogP contribution < -0.4 is 5.32 Å². The van der Waals surface area contributed by atoms with Gasteiger partial charge in [0.15, 0.2) is 0 Å². The Hall–Kier alpha value is -1.39. The van der Waals surface area contributed by atoms with Gasteiger partial charge in [0.1, 0.15) is 6.33 Å². The van der Waals surface area contributed by atoms with Crippen molar-refractivity contribution in [3.8, 4) is 0 Å². The lowest BCUT2D eigenvalue weighted by Gasteiger charge is -2.21. The van der Waals surface area contributed by atoms with E-state index in [2.05, 4.69) is 52.7 Å². The maximum absolute atomic E-state index is 4.14. The topological polar surface area (TPSA) is 37.8 Å². The van der Waals surface area contributed by atoms with Gasteiger partial charge in [-0.15, -0.1) is 11.8 Å². The second kappa shape index (κ2) is 7.26. The molecule has 1 unspecified atom stereocenters. The fraction of sp³-hybridized carbons (Fsp3) is 0.333. The average molecular weight is 273 g/mol. The number of hydrogen-bond acceptors (Lipinski definition) is 4. The molecule has 0 saturated heterocycles. The number of thioether (sulfide) groups is 1. The predicted molar refractivity (Wildman–Crippen MR) is 80.4 cm³/mol. The minimum absolute atomic E-state index is 0.157. The van der Waals surface area contributed by atoms with Crippen molar-refractivity contribution in [1.29, 1.82) is 0 Å². The van der Waals surface area contributed by atoms with Gasteiger partial charge in [-0.1, -0.05) is 25.1 Å². The van der Waals surface area contributed by atoms with E-state index < -0.39 is 0 Å². The molecule has 0 radical (unpaired) electrons. The van der Waals surface area contributed by atoms with E-state index in [0.717, 1.165) is 18.5 Å². The number of nitrogens with zero attached hydrogens (tertiary/aromatic N) is 2. The summed E-state index contributed by atoms with van der Waals surface area (Å²) in [4.78, 5) is 9.57. The van der Waals surface area contributed by atoms with E-state index in [4.69, 9.17) is 0 Å². The SMILES string of the molecule is CCCNC(c1cncnc1)c1ccccc1SC. The summed E-state index contributed by atoms with van der Waals surface area (Å²) in [6, 6.07) is 8.65. The van der Waals surface area contributed by atoms with Crippen LogP contribution >= 0.6 is 11.8 Å². The van der Waals surface area contributed by atoms with Crippen LogP contribution in [0, 0.1) is 0 Å². The van der Waals surface area contributed by atoms with Crippen LogP contribution in [0.3, 0.4) is 0 Å². The smallest absolute Gasteiger partial charge is 0.115 e. The van der Waals surface area contributed by atoms with E-state index in [1.54, 1.807) is 18.1 Å². The first kappa shape index (κ1) is 14.0. The van der Waals surface area contributed by atoms with Crippen molar-refractivity contribution in [2.24, 2.45) is 0 Å². The van der Waals surface area contributed by atoms with Gasteiger partial charge in [-0.3, -0.25) is 0 Å². The van der Waals surface area contributed by atoms with E-state index in [9.17, 15) is 0 Å². The lowest BCUT2D eigenvalue weighted by molar-refractivity contribution is 0.588. The van der Waals surface area contributed by atoms with Crippen molar-refractivity contribution in [2.75, 3.05) is 12.8 Å². The van der Waals surface area contributed by atoms with Crippen molar-refractivity contribution in [2.45, 2.75) is 24.3 Å². The van der Waals surface area contributed by atoms with Crippen LogP contribution in [0.5, 0.6) is 0 Å². The highest BCUT2D eigenvalue weighted by atomic mass is 32.2. The molecule has 0 saturated carbocycles. The first-order chi connectivity index (χ1) is 9.36. The summed E-state index contributed by atoms with van der Waals surface area (Å²) in [5.74, 6) is 0. The Morgan fingerprint density at radius 2 is 1.95 bits per heavy atom. The molecule has 1 aromatic carbocycles. The lowest BCUT2D eigenvalue weighted by Crippen LogP contribution is -2.24. The van der Waals surface area contributed by atoms with Gasteiger partial charge in [-0.2, -0.15) is 0 Å². The Kier molecular flexibility index (Phi) is 5.36. The molecule has 4 heteroatoms. The molecule has 0 aliphatic heterocycles. The zero-order chi connectivity index (χ0) is 13.5. The molecule has 1 aromatic heterocycles. The summed E-state index contributed by atoms with van der Waals surface area (Å²) in [6.45, 7) is 3.15. The molecular formula is C15H19N3S. The van der Waals surface area contributed by atoms with Crippen molar-refractivity contribution in [1.82, 2.24) is 15.3 Å². The second-order valence-electron chi connectivity index (χ2n) is 4.30. The molecule has 2 rings (SSSR count). The zero-order valence-corrected chi connectivity index (χ0v) is 12.2. The van der Waals surface area contributed by atoms with Gasteiger partial charge in [0.05, 0.1) is 6.04 Å². The number of hydrogen-bond donors (Lipinski definition) is 1. The minimum atomic E-state index is 0.157. The van der Waals surface area contributed by atoms with Gasteiger partial charge < -0.3 is 5.32 Å². The lowest BCUT2D eigenvalue weighted by atomic mass is 10.0. The first-order valence-electron chi connectivity index (χ1n) is 6.48. The third kappa shape index (κ3) is 3.55. The predicted octanol–water partition coefficient (Wildman–Crippen LogP) is 3.29. The third-order valence-corrected chi connectivity index (χ3v) is 3.77. The molecule has 0 bridgehead atoms. The molecule has 0 aliphatic rings. The normalized spacial score (nSPS) is 12.3. The highest BCUT2D eigenvalue weighted by Gasteiger charge is 2.16. The zero-order valence-electron chi connectivity index (χ0n) is 11.3. The largest absolute Gasteiger partial charge is 0.306 e. The average Bonchev–Trinajstić information content (AvgIpc) is 2.49. The van der Waals surface area contributed by atoms with Crippen LogP contribution in [0.4, 0.5) is 0 Å². The van der Waals surface area contributed by atoms with Gasteiger partial charge in [-0.25, -0.2) is 9.97 Å². The molecule has 1 N–H and O–H groups in total. The van der Waals surface area contributed by atoms with Gasteiger partial charge in [-0.05, 0) is 30.9 Å². The van der Waals surface area contributed by atoms with E-state index in [0.29, 0.717) is 0 Å². The summed E-state index contributed by atoms with van der Waals surface area (Å²) >= 11 is 1.77. The fourth-order valence-electron chi connectivity index (χ4n) is 2.06. The molecule has 0 aliphatic carbocycles. The Balaban J connectivity index is 2.37. The van der Waals surface area contributed by atoms with Crippen LogP contribution in [-0.2, 0) is 0 Å². The molecule has 2 aromatic rings. The number of rotatable bonds is 6. The number of aromatic nitrogens is 2. The molecule has 3 nitrogen and oxygen atoms in total. The van der Waals surface area contributed by atoms with Crippen LogP contribution in [0.1, 0.15) is 30.5 Å². The summed E-state index contributed by atoms with van der Waals surface area (Å²) in [6.07, 6.45) is 8.55. The quantitative estimate of drug-likeness (QED) is 0.820. The van der Waals surface area contributed by atoms with Crippen molar-refractivity contribution < 1.29 is 0 Å². The van der Waals surface area contributed by atoms with Crippen molar-refractivity contribution >= 4 is 11.8 Å². The summed E-state index contributed by atoms with van der Waals surface area (Å²) in [7, 11) is 0. The highest BCUT2D eigenvalue weighted by Crippen LogP contribution is 2.29. The highest BCUT2D eigenvalue weighted by molar-refractivity contribution is 7.98. The maximum Gasteiger partial charge on any atom is 0.115 e. The van der Waals surface area contributed by atoms with Gasteiger partial charge in [0.2, 0.25) is 0 Å². The second-order valence-corrected chi connectivity index (χ2v) is 5.15. The third-order valence-electron chi connectivity index (χ3n) is 2.96. The van der Waals surface area contributed by atoms with Crippen LogP contribution in [0.2, 0.25) is 0 Å². The summed E-state index contributed by atoms with van der Waals surface area (Å²) in [5, 5.41) is 3.58. The summed E-state index contributed by atoms with van der Waals surface area (Å²) < 4.78 is 0. The maximum atomic E-state index is 4.14. The van der Waals surface area contributed by atoms with E-state index in [1.807, 2.05) is 12.4 Å². The van der Waals surface area contributed by atoms with E-state index in [1.165, 1.54) is 10.5 Å². The van der Waals surface area contributed by atoms with E-state index >= 15 is 0 Å².